The maximum Gasteiger partial charge on any atom is 0.372 e. The second-order valence-electron chi connectivity index (χ2n) is 4.98. The van der Waals surface area contributed by atoms with Crippen molar-refractivity contribution in [3.8, 4) is 11.1 Å². The lowest BCUT2D eigenvalue weighted by atomic mass is 10.00. The highest BCUT2D eigenvalue weighted by atomic mass is 16.4. The second kappa shape index (κ2) is 6.94. The maximum atomic E-state index is 11.1. The van der Waals surface area contributed by atoms with Gasteiger partial charge in [-0.3, -0.25) is 0 Å². The van der Waals surface area contributed by atoms with Crippen LogP contribution in [-0.4, -0.2) is 11.1 Å². The average Bonchev–Trinajstić information content (AvgIpc) is 2.94. The van der Waals surface area contributed by atoms with Crippen molar-refractivity contribution >= 4 is 5.97 Å². The van der Waals surface area contributed by atoms with E-state index in [9.17, 15) is 4.79 Å². The van der Waals surface area contributed by atoms with Crippen LogP contribution in [0.25, 0.3) is 11.1 Å². The summed E-state index contributed by atoms with van der Waals surface area (Å²) in [6.07, 6.45) is 7.38. The summed E-state index contributed by atoms with van der Waals surface area (Å²) in [5, 5.41) is 9.09. The Bertz CT molecular complexity index is 569. The lowest BCUT2D eigenvalue weighted by Crippen LogP contribution is -1.96. The molecule has 0 spiro atoms. The molecule has 20 heavy (non-hydrogen) atoms. The Kier molecular flexibility index (Phi) is 4.99. The van der Waals surface area contributed by atoms with Gasteiger partial charge in [-0.2, -0.15) is 0 Å². The zero-order valence-corrected chi connectivity index (χ0v) is 11.8. The van der Waals surface area contributed by atoms with E-state index < -0.39 is 5.97 Å². The minimum atomic E-state index is -1.03. The number of aromatic carboxylic acids is 1. The van der Waals surface area contributed by atoms with Gasteiger partial charge in [-0.1, -0.05) is 50.5 Å². The highest BCUT2D eigenvalue weighted by Crippen LogP contribution is 2.26. The summed E-state index contributed by atoms with van der Waals surface area (Å²) in [7, 11) is 0. The van der Waals surface area contributed by atoms with E-state index in [1.807, 2.05) is 12.1 Å². The third-order valence-corrected chi connectivity index (χ3v) is 3.42. The fourth-order valence-corrected chi connectivity index (χ4v) is 2.35. The summed E-state index contributed by atoms with van der Waals surface area (Å²) in [4.78, 5) is 11.1. The first-order valence-corrected chi connectivity index (χ1v) is 7.12. The quantitative estimate of drug-likeness (QED) is 0.739. The van der Waals surface area contributed by atoms with E-state index in [0.29, 0.717) is 5.56 Å². The van der Waals surface area contributed by atoms with Gasteiger partial charge in [-0.15, -0.1) is 0 Å². The van der Waals surface area contributed by atoms with E-state index >= 15 is 0 Å². The summed E-state index contributed by atoms with van der Waals surface area (Å²) in [5.74, 6) is -1.02. The van der Waals surface area contributed by atoms with Crippen LogP contribution in [0.1, 0.15) is 48.7 Å². The Labute approximate surface area is 119 Å². The molecule has 0 saturated heterocycles. The molecule has 0 bridgehead atoms. The van der Waals surface area contributed by atoms with Crippen molar-refractivity contribution in [3.63, 3.8) is 0 Å². The van der Waals surface area contributed by atoms with Crippen LogP contribution in [0, 0.1) is 0 Å². The third-order valence-electron chi connectivity index (χ3n) is 3.42. The molecular weight excluding hydrogens is 252 g/mol. The topological polar surface area (TPSA) is 50.4 Å². The molecule has 2 rings (SSSR count). The molecule has 0 aliphatic carbocycles. The largest absolute Gasteiger partial charge is 0.475 e. The summed E-state index contributed by atoms with van der Waals surface area (Å²) in [5.41, 5.74) is 2.80. The highest BCUT2D eigenvalue weighted by Gasteiger charge is 2.15. The predicted molar refractivity (Wildman–Crippen MR) is 78.9 cm³/mol. The van der Waals surface area contributed by atoms with E-state index in [-0.39, 0.29) is 5.76 Å². The Morgan fingerprint density at radius 1 is 1.20 bits per heavy atom. The molecule has 0 amide bonds. The number of rotatable bonds is 7. The third kappa shape index (κ3) is 3.50. The van der Waals surface area contributed by atoms with Gasteiger partial charge in [0.2, 0.25) is 5.76 Å². The number of benzene rings is 1. The molecule has 1 heterocycles. The van der Waals surface area contributed by atoms with Crippen molar-refractivity contribution in [2.24, 2.45) is 0 Å². The van der Waals surface area contributed by atoms with Crippen molar-refractivity contribution in [3.05, 3.63) is 47.9 Å². The number of carbonyl (C=O) groups is 1. The van der Waals surface area contributed by atoms with Crippen molar-refractivity contribution in [2.75, 3.05) is 0 Å². The minimum Gasteiger partial charge on any atom is -0.475 e. The average molecular weight is 272 g/mol. The van der Waals surface area contributed by atoms with Gasteiger partial charge in [0, 0.05) is 5.56 Å². The molecule has 1 aromatic heterocycles. The number of carboxylic acid groups (broad SMARTS) is 1. The monoisotopic (exact) mass is 272 g/mol. The van der Waals surface area contributed by atoms with Crippen LogP contribution >= 0.6 is 0 Å². The molecule has 1 N–H and O–H groups in total. The van der Waals surface area contributed by atoms with E-state index in [0.717, 1.165) is 12.0 Å². The zero-order valence-electron chi connectivity index (χ0n) is 11.8. The van der Waals surface area contributed by atoms with Crippen LogP contribution in [0.5, 0.6) is 0 Å². The molecule has 0 atom stereocenters. The molecule has 3 nitrogen and oxygen atoms in total. The summed E-state index contributed by atoms with van der Waals surface area (Å²) < 4.78 is 5.03. The molecule has 3 heteroatoms. The normalized spacial score (nSPS) is 10.7. The van der Waals surface area contributed by atoms with Crippen LogP contribution in [0.4, 0.5) is 0 Å². The van der Waals surface area contributed by atoms with Gasteiger partial charge in [0.05, 0.1) is 6.26 Å². The van der Waals surface area contributed by atoms with Crippen molar-refractivity contribution < 1.29 is 14.3 Å². The van der Waals surface area contributed by atoms with Crippen molar-refractivity contribution in [1.82, 2.24) is 0 Å². The first-order chi connectivity index (χ1) is 9.72. The lowest BCUT2D eigenvalue weighted by Gasteiger charge is -2.05. The second-order valence-corrected chi connectivity index (χ2v) is 4.98. The summed E-state index contributed by atoms with van der Waals surface area (Å²) >= 11 is 0. The summed E-state index contributed by atoms with van der Waals surface area (Å²) in [6, 6.07) is 9.76. The fraction of sp³-hybridized carbons (Fsp3) is 0.353. The Balaban J connectivity index is 2.13. The van der Waals surface area contributed by atoms with Gasteiger partial charge < -0.3 is 9.52 Å². The van der Waals surface area contributed by atoms with Crippen molar-refractivity contribution in [1.29, 1.82) is 0 Å². The maximum absolute atomic E-state index is 11.1. The van der Waals surface area contributed by atoms with Crippen LogP contribution in [-0.2, 0) is 6.42 Å². The van der Waals surface area contributed by atoms with Gasteiger partial charge in [0.1, 0.15) is 0 Å². The van der Waals surface area contributed by atoms with Crippen LogP contribution in [0.3, 0.4) is 0 Å². The zero-order chi connectivity index (χ0) is 14.4. The molecule has 1 aromatic carbocycles. The van der Waals surface area contributed by atoms with Gasteiger partial charge >= 0.3 is 5.97 Å². The fourth-order valence-electron chi connectivity index (χ4n) is 2.35. The van der Waals surface area contributed by atoms with Crippen LogP contribution < -0.4 is 0 Å². The van der Waals surface area contributed by atoms with E-state index in [2.05, 4.69) is 19.1 Å². The first kappa shape index (κ1) is 14.4. The number of unbranched alkanes of at least 4 members (excludes halogenated alkanes) is 3. The Morgan fingerprint density at radius 3 is 2.80 bits per heavy atom. The van der Waals surface area contributed by atoms with Crippen LogP contribution in [0.2, 0.25) is 0 Å². The van der Waals surface area contributed by atoms with Gasteiger partial charge in [-0.05, 0) is 30.0 Å². The molecule has 0 unspecified atom stereocenters. The number of aryl methyl sites for hydroxylation is 1. The standard InChI is InChI=1S/C17H20O3/c1-2-3-4-5-7-13-8-6-9-14(12-13)15-10-11-20-16(15)17(18)19/h6,8-12H,2-5,7H2,1H3,(H,18,19). The first-order valence-electron chi connectivity index (χ1n) is 7.12. The number of furan rings is 1. The van der Waals surface area contributed by atoms with Crippen LogP contribution in [0.15, 0.2) is 41.0 Å². The SMILES string of the molecule is CCCCCCc1cccc(-c2ccoc2C(=O)O)c1. The molecule has 2 aromatic rings. The van der Waals surface area contributed by atoms with Gasteiger partial charge in [0.15, 0.2) is 0 Å². The molecule has 0 saturated carbocycles. The van der Waals surface area contributed by atoms with Gasteiger partial charge in [0.25, 0.3) is 0 Å². The molecule has 106 valence electrons. The van der Waals surface area contributed by atoms with E-state index in [1.165, 1.54) is 37.5 Å². The molecule has 0 radical (unpaired) electrons. The summed E-state index contributed by atoms with van der Waals surface area (Å²) in [6.45, 7) is 2.20. The highest BCUT2D eigenvalue weighted by molar-refractivity contribution is 5.93. The van der Waals surface area contributed by atoms with Gasteiger partial charge in [-0.25, -0.2) is 4.79 Å². The lowest BCUT2D eigenvalue weighted by molar-refractivity contribution is 0.0663. The van der Waals surface area contributed by atoms with E-state index in [4.69, 9.17) is 9.52 Å². The molecule has 0 aliphatic rings. The number of hydrogen-bond donors (Lipinski definition) is 1. The molecule has 0 fully saturated rings. The number of carboxylic acids is 1. The molecule has 0 aliphatic heterocycles. The Hall–Kier alpha value is -2.03. The van der Waals surface area contributed by atoms with E-state index in [1.54, 1.807) is 6.07 Å². The predicted octanol–water partition coefficient (Wildman–Crippen LogP) is 4.77. The minimum absolute atomic E-state index is 0.00753. The number of hydrogen-bond acceptors (Lipinski definition) is 2. The smallest absolute Gasteiger partial charge is 0.372 e. The van der Waals surface area contributed by atoms with Crippen molar-refractivity contribution in [2.45, 2.75) is 39.0 Å². The Morgan fingerprint density at radius 2 is 2.05 bits per heavy atom. The molecular formula is C17H20O3.